The van der Waals surface area contributed by atoms with Crippen molar-refractivity contribution in [2.75, 3.05) is 33.4 Å². The van der Waals surface area contributed by atoms with Crippen LogP contribution in [0, 0.1) is 18.7 Å². The number of benzene rings is 1. The van der Waals surface area contributed by atoms with Gasteiger partial charge in [0.15, 0.2) is 0 Å². The van der Waals surface area contributed by atoms with Crippen LogP contribution in [0.3, 0.4) is 0 Å². The second kappa shape index (κ2) is 14.8. The number of carbonyl (C=O) groups is 1. The van der Waals surface area contributed by atoms with E-state index in [4.69, 9.17) is 14.9 Å². The summed E-state index contributed by atoms with van der Waals surface area (Å²) in [5.74, 6) is -0.135. The van der Waals surface area contributed by atoms with Gasteiger partial charge in [-0.25, -0.2) is 9.18 Å². The van der Waals surface area contributed by atoms with Crippen LogP contribution in [0.5, 0.6) is 5.75 Å². The van der Waals surface area contributed by atoms with Gasteiger partial charge in [-0.1, -0.05) is 25.2 Å². The number of fused-ring (bicyclic) bond motifs is 1. The molecule has 3 aromatic heterocycles. The van der Waals surface area contributed by atoms with Crippen LogP contribution in [-0.4, -0.2) is 78.6 Å². The molecule has 0 saturated heterocycles. The number of halogens is 1. The normalized spacial score (nSPS) is 11.1. The monoisotopic (exact) mass is 604 g/mol. The first-order valence-corrected chi connectivity index (χ1v) is 14.4. The molecule has 228 valence electrons. The molecular weight excluding hydrogens is 567 g/mol. The van der Waals surface area contributed by atoms with Crippen LogP contribution >= 0.6 is 11.3 Å². The summed E-state index contributed by atoms with van der Waals surface area (Å²) in [6, 6.07) is 4.25. The summed E-state index contributed by atoms with van der Waals surface area (Å²) in [4.78, 5) is 43.5. The maximum Gasteiger partial charge on any atom is 0.332 e. The third-order valence-electron chi connectivity index (χ3n) is 6.60. The smallest absolute Gasteiger partial charge is 0.332 e. The van der Waals surface area contributed by atoms with E-state index >= 15 is 0 Å². The summed E-state index contributed by atoms with van der Waals surface area (Å²) < 4.78 is 22.1. The Hall–Kier alpha value is -3.88. The molecule has 4 aromatic rings. The van der Waals surface area contributed by atoms with Gasteiger partial charge >= 0.3 is 5.69 Å². The van der Waals surface area contributed by atoms with E-state index in [2.05, 4.69) is 10.2 Å². The number of aliphatic hydroxyl groups excluding tert-OH is 2. The lowest BCUT2D eigenvalue weighted by Crippen LogP contribution is -2.44. The number of aromatic nitrogens is 5. The number of carbonyl (C=O) groups excluding carboxylic acids is 1. The first-order chi connectivity index (χ1) is 20.1. The Kier molecular flexibility index (Phi) is 11.5. The fourth-order valence-corrected chi connectivity index (χ4v) is 5.71. The molecule has 0 atom stereocenters. The van der Waals surface area contributed by atoms with E-state index in [0.717, 1.165) is 0 Å². The number of hydrogen-bond donors (Lipinski definition) is 2. The molecule has 0 saturated carbocycles. The van der Waals surface area contributed by atoms with Crippen molar-refractivity contribution in [1.82, 2.24) is 29.0 Å². The number of aliphatic hydroxyl groups is 2. The number of thiophene rings is 1. The van der Waals surface area contributed by atoms with E-state index in [0.29, 0.717) is 45.1 Å². The molecule has 0 aliphatic rings. The van der Waals surface area contributed by atoms with Crippen molar-refractivity contribution in [1.29, 1.82) is 0 Å². The number of nitrogens with zero attached hydrogens (tertiary/aromatic N) is 6. The Morgan fingerprint density at radius 3 is 2.36 bits per heavy atom. The highest BCUT2D eigenvalue weighted by Crippen LogP contribution is 2.30. The van der Waals surface area contributed by atoms with Gasteiger partial charge in [0.1, 0.15) is 21.4 Å². The number of aryl methyl sites for hydroxylation is 3. The predicted octanol–water partition coefficient (Wildman–Crippen LogP) is 1.98. The molecule has 0 bridgehead atoms. The minimum atomic E-state index is -0.493. The summed E-state index contributed by atoms with van der Waals surface area (Å²) in [6.45, 7) is 7.97. The van der Waals surface area contributed by atoms with E-state index in [1.807, 2.05) is 20.8 Å². The molecule has 14 heteroatoms. The quantitative estimate of drug-likeness (QED) is 0.265. The molecular formula is C28H37FN6O6S. The first kappa shape index (κ1) is 32.6. The van der Waals surface area contributed by atoms with Crippen molar-refractivity contribution >= 4 is 27.5 Å². The SMILES string of the molecule is CCN(CCn1c(=O)c2c(C)c(-n3nccn3)sc2n(CCc2cc(F)ccc2OC)c1=O)C(=O)C(C)C.OCCO. The number of amides is 1. The minimum absolute atomic E-state index is 0.0427. The highest BCUT2D eigenvalue weighted by atomic mass is 32.1. The molecule has 1 amide bonds. The van der Waals surface area contributed by atoms with Crippen molar-refractivity contribution < 1.29 is 24.1 Å². The minimum Gasteiger partial charge on any atom is -0.496 e. The second-order valence-electron chi connectivity index (χ2n) is 9.65. The summed E-state index contributed by atoms with van der Waals surface area (Å²) in [5, 5.41) is 24.7. The molecule has 0 aliphatic carbocycles. The van der Waals surface area contributed by atoms with Crippen molar-refractivity contribution in [3.8, 4) is 10.8 Å². The van der Waals surface area contributed by atoms with E-state index in [1.165, 1.54) is 56.9 Å². The van der Waals surface area contributed by atoms with Crippen LogP contribution in [0.4, 0.5) is 4.39 Å². The zero-order valence-electron chi connectivity index (χ0n) is 24.4. The summed E-state index contributed by atoms with van der Waals surface area (Å²) >= 11 is 1.25. The van der Waals surface area contributed by atoms with Crippen LogP contribution in [0.15, 0.2) is 40.2 Å². The molecule has 0 fully saturated rings. The lowest BCUT2D eigenvalue weighted by Gasteiger charge is -2.23. The third kappa shape index (κ3) is 7.12. The molecule has 2 N–H and O–H groups in total. The standard InChI is InChI=1S/C26H31FN6O4S.C2H6O2/c1-6-30(22(34)16(2)3)13-14-31-23(35)21-17(4)24(33-28-10-11-29-33)38-25(21)32(26(31)36)12-9-18-15-19(27)7-8-20(18)37-5;3-1-2-4/h7-8,10-11,15-16H,6,9,12-14H2,1-5H3;3-4H,1-2H2. The van der Waals surface area contributed by atoms with Gasteiger partial charge in [-0.3, -0.25) is 18.7 Å². The molecule has 0 radical (unpaired) electrons. The number of methoxy groups -OCH3 is 1. The molecule has 12 nitrogen and oxygen atoms in total. The predicted molar refractivity (Wildman–Crippen MR) is 158 cm³/mol. The molecule has 1 aromatic carbocycles. The van der Waals surface area contributed by atoms with Crippen LogP contribution in [-0.2, 0) is 24.3 Å². The van der Waals surface area contributed by atoms with Gasteiger partial charge < -0.3 is 19.8 Å². The first-order valence-electron chi connectivity index (χ1n) is 13.6. The highest BCUT2D eigenvalue weighted by molar-refractivity contribution is 7.21. The number of rotatable bonds is 11. The molecule has 0 spiro atoms. The molecule has 3 heterocycles. The van der Waals surface area contributed by atoms with Gasteiger partial charge in [0.2, 0.25) is 5.91 Å². The fourth-order valence-electron chi connectivity index (χ4n) is 4.47. The zero-order valence-corrected chi connectivity index (χ0v) is 25.2. The Bertz CT molecular complexity index is 1610. The van der Waals surface area contributed by atoms with Gasteiger partial charge in [-0.2, -0.15) is 10.2 Å². The van der Waals surface area contributed by atoms with Gasteiger partial charge in [0.25, 0.3) is 5.56 Å². The molecule has 42 heavy (non-hydrogen) atoms. The van der Waals surface area contributed by atoms with E-state index in [-0.39, 0.29) is 44.7 Å². The van der Waals surface area contributed by atoms with Crippen LogP contribution in [0.25, 0.3) is 15.2 Å². The molecule has 0 unspecified atom stereocenters. The third-order valence-corrected chi connectivity index (χ3v) is 7.88. The fraction of sp³-hybridized carbons (Fsp3) is 0.464. The van der Waals surface area contributed by atoms with Gasteiger partial charge in [-0.05, 0) is 44.0 Å². The number of likely N-dealkylation sites (N-methyl/N-ethyl adjacent to an activating group) is 1. The zero-order chi connectivity index (χ0) is 31.0. The average molecular weight is 605 g/mol. The maximum absolute atomic E-state index is 14.0. The van der Waals surface area contributed by atoms with Crippen molar-refractivity contribution in [3.05, 3.63) is 68.4 Å². The van der Waals surface area contributed by atoms with Crippen LogP contribution < -0.4 is 16.0 Å². The summed E-state index contributed by atoms with van der Waals surface area (Å²) in [6.07, 6.45) is 3.38. The average Bonchev–Trinajstić information content (AvgIpc) is 3.63. The lowest BCUT2D eigenvalue weighted by molar-refractivity contribution is -0.134. The Morgan fingerprint density at radius 1 is 1.12 bits per heavy atom. The summed E-state index contributed by atoms with van der Waals surface area (Å²) in [7, 11) is 1.51. The molecule has 4 rings (SSSR count). The van der Waals surface area contributed by atoms with Crippen LogP contribution in [0.1, 0.15) is 31.9 Å². The van der Waals surface area contributed by atoms with Gasteiger partial charge in [0, 0.05) is 37.7 Å². The lowest BCUT2D eigenvalue weighted by atomic mass is 10.1. The Labute approximate surface area is 246 Å². The molecule has 0 aliphatic heterocycles. The van der Waals surface area contributed by atoms with E-state index < -0.39 is 17.1 Å². The Balaban J connectivity index is 0.00000114. The second-order valence-corrected chi connectivity index (χ2v) is 10.6. The highest BCUT2D eigenvalue weighted by Gasteiger charge is 2.23. The summed E-state index contributed by atoms with van der Waals surface area (Å²) in [5.41, 5.74) is 0.340. The van der Waals surface area contributed by atoms with E-state index in [9.17, 15) is 18.8 Å². The topological polar surface area (TPSA) is 145 Å². The van der Waals surface area contributed by atoms with E-state index in [1.54, 1.807) is 17.9 Å². The van der Waals surface area contributed by atoms with Gasteiger partial charge in [0.05, 0.1) is 38.1 Å². The van der Waals surface area contributed by atoms with Crippen LogP contribution in [0.2, 0.25) is 0 Å². The number of hydrogen-bond acceptors (Lipinski definition) is 9. The van der Waals surface area contributed by atoms with Gasteiger partial charge in [-0.15, -0.1) is 4.80 Å². The van der Waals surface area contributed by atoms with Crippen molar-refractivity contribution in [2.45, 2.75) is 47.2 Å². The maximum atomic E-state index is 14.0. The largest absolute Gasteiger partial charge is 0.496 e. The number of ether oxygens (including phenoxy) is 1. The van der Waals surface area contributed by atoms with Crippen molar-refractivity contribution in [2.24, 2.45) is 5.92 Å². The van der Waals surface area contributed by atoms with Crippen molar-refractivity contribution in [3.63, 3.8) is 0 Å². The Morgan fingerprint density at radius 2 is 1.79 bits per heavy atom.